The van der Waals surface area contributed by atoms with Crippen LogP contribution in [0.2, 0.25) is 0 Å². The normalized spacial score (nSPS) is 24.8. The maximum atomic E-state index is 12.7. The van der Waals surface area contributed by atoms with E-state index < -0.39 is 28.9 Å². The van der Waals surface area contributed by atoms with Gasteiger partial charge >= 0.3 is 6.03 Å². The fourth-order valence-corrected chi connectivity index (χ4v) is 3.64. The second kappa shape index (κ2) is 6.98. The van der Waals surface area contributed by atoms with E-state index in [1.54, 1.807) is 6.92 Å². The van der Waals surface area contributed by atoms with Gasteiger partial charge in [0, 0.05) is 17.3 Å². The number of imide groups is 1. The third-order valence-electron chi connectivity index (χ3n) is 5.37. The van der Waals surface area contributed by atoms with Crippen LogP contribution in [-0.2, 0) is 9.59 Å². The van der Waals surface area contributed by atoms with E-state index in [0.717, 1.165) is 17.7 Å². The van der Waals surface area contributed by atoms with Gasteiger partial charge in [0.1, 0.15) is 12.1 Å². The van der Waals surface area contributed by atoms with Gasteiger partial charge in [-0.3, -0.25) is 24.6 Å². The molecule has 0 aromatic heterocycles. The lowest BCUT2D eigenvalue weighted by Gasteiger charge is -2.33. The van der Waals surface area contributed by atoms with Gasteiger partial charge in [-0.15, -0.1) is 0 Å². The average molecular weight is 374 g/mol. The molecule has 9 heteroatoms. The topological polar surface area (TPSA) is 122 Å². The third kappa shape index (κ3) is 3.62. The number of benzene rings is 1. The van der Waals surface area contributed by atoms with Crippen molar-refractivity contribution in [3.05, 3.63) is 33.9 Å². The third-order valence-corrected chi connectivity index (χ3v) is 5.37. The Labute approximate surface area is 156 Å². The number of anilines is 1. The Balaban J connectivity index is 1.68. The SMILES string of the molecule is Cc1ccc(NC(=O)CN2C(=O)NC3(CCC(C)CC3)C2=O)cc1[N+](=O)[O-]. The minimum absolute atomic E-state index is 0.113. The molecule has 4 amide bonds. The molecule has 9 nitrogen and oxygen atoms in total. The van der Waals surface area contributed by atoms with Gasteiger partial charge < -0.3 is 10.6 Å². The Morgan fingerprint density at radius 3 is 2.67 bits per heavy atom. The van der Waals surface area contributed by atoms with Gasteiger partial charge in [-0.05, 0) is 44.6 Å². The summed E-state index contributed by atoms with van der Waals surface area (Å²) >= 11 is 0. The van der Waals surface area contributed by atoms with Crippen LogP contribution in [0.1, 0.15) is 38.2 Å². The number of nitrogens with zero attached hydrogens (tertiary/aromatic N) is 2. The Morgan fingerprint density at radius 2 is 2.04 bits per heavy atom. The number of aryl methyl sites for hydroxylation is 1. The smallest absolute Gasteiger partial charge is 0.324 e. The van der Waals surface area contributed by atoms with Crippen LogP contribution in [-0.4, -0.2) is 39.8 Å². The summed E-state index contributed by atoms with van der Waals surface area (Å²) in [5.74, 6) is -0.447. The summed E-state index contributed by atoms with van der Waals surface area (Å²) in [7, 11) is 0. The lowest BCUT2D eigenvalue weighted by atomic mass is 9.77. The summed E-state index contributed by atoms with van der Waals surface area (Å²) in [5.41, 5.74) is -0.295. The quantitative estimate of drug-likeness (QED) is 0.476. The lowest BCUT2D eigenvalue weighted by molar-refractivity contribution is -0.385. The molecule has 2 N–H and O–H groups in total. The highest BCUT2D eigenvalue weighted by Crippen LogP contribution is 2.36. The van der Waals surface area contributed by atoms with Crippen molar-refractivity contribution in [1.82, 2.24) is 10.2 Å². The van der Waals surface area contributed by atoms with Crippen molar-refractivity contribution in [2.24, 2.45) is 5.92 Å². The van der Waals surface area contributed by atoms with E-state index in [2.05, 4.69) is 17.6 Å². The number of hydrogen-bond donors (Lipinski definition) is 2. The maximum Gasteiger partial charge on any atom is 0.325 e. The molecule has 2 fully saturated rings. The van der Waals surface area contributed by atoms with E-state index in [1.807, 2.05) is 0 Å². The summed E-state index contributed by atoms with van der Waals surface area (Å²) in [6, 6.07) is 3.75. The molecule has 3 rings (SSSR count). The number of rotatable bonds is 4. The second-order valence-electron chi connectivity index (χ2n) is 7.39. The first-order valence-electron chi connectivity index (χ1n) is 8.91. The molecule has 2 aliphatic rings. The van der Waals surface area contributed by atoms with Crippen molar-refractivity contribution in [3.8, 4) is 0 Å². The van der Waals surface area contributed by atoms with Crippen LogP contribution in [0.4, 0.5) is 16.2 Å². The second-order valence-corrected chi connectivity index (χ2v) is 7.39. The molecule has 1 aromatic rings. The molecule has 0 radical (unpaired) electrons. The molecule has 0 atom stereocenters. The van der Waals surface area contributed by atoms with E-state index in [0.29, 0.717) is 24.3 Å². The van der Waals surface area contributed by atoms with Crippen LogP contribution in [0.15, 0.2) is 18.2 Å². The van der Waals surface area contributed by atoms with E-state index in [9.17, 15) is 24.5 Å². The summed E-state index contributed by atoms with van der Waals surface area (Å²) < 4.78 is 0. The molecule has 144 valence electrons. The largest absolute Gasteiger partial charge is 0.325 e. The highest BCUT2D eigenvalue weighted by atomic mass is 16.6. The summed E-state index contributed by atoms with van der Waals surface area (Å²) in [5, 5.41) is 16.3. The Kier molecular flexibility index (Phi) is 4.86. The van der Waals surface area contributed by atoms with Crippen LogP contribution < -0.4 is 10.6 Å². The fraction of sp³-hybridized carbons (Fsp3) is 0.500. The predicted octanol–water partition coefficient (Wildman–Crippen LogP) is 2.34. The van der Waals surface area contributed by atoms with Gasteiger partial charge in [0.25, 0.3) is 11.6 Å². The van der Waals surface area contributed by atoms with Crippen molar-refractivity contribution in [2.45, 2.75) is 45.1 Å². The molecule has 1 aliphatic carbocycles. The number of carbonyl (C=O) groups excluding carboxylic acids is 3. The van der Waals surface area contributed by atoms with Crippen LogP contribution in [0.5, 0.6) is 0 Å². The summed E-state index contributed by atoms with van der Waals surface area (Å²) in [6.45, 7) is 3.28. The van der Waals surface area contributed by atoms with Crippen molar-refractivity contribution < 1.29 is 19.3 Å². The van der Waals surface area contributed by atoms with E-state index in [-0.39, 0.29) is 17.3 Å². The summed E-state index contributed by atoms with van der Waals surface area (Å²) in [6.07, 6.45) is 2.83. The number of urea groups is 1. The van der Waals surface area contributed by atoms with Crippen LogP contribution >= 0.6 is 0 Å². The molecule has 1 aromatic carbocycles. The summed E-state index contributed by atoms with van der Waals surface area (Å²) in [4.78, 5) is 48.7. The van der Waals surface area contributed by atoms with E-state index in [1.165, 1.54) is 18.2 Å². The number of nitro groups is 1. The molecule has 1 saturated carbocycles. The highest BCUT2D eigenvalue weighted by molar-refractivity contribution is 6.10. The highest BCUT2D eigenvalue weighted by Gasteiger charge is 2.52. The number of nitrogens with one attached hydrogen (secondary N) is 2. The molecule has 1 spiro atoms. The molecule has 1 aliphatic heterocycles. The molecule has 27 heavy (non-hydrogen) atoms. The zero-order valence-corrected chi connectivity index (χ0v) is 15.3. The number of carbonyl (C=O) groups is 3. The number of nitro benzene ring substituents is 1. The van der Waals surface area contributed by atoms with Crippen LogP contribution in [0, 0.1) is 23.0 Å². The first kappa shape index (κ1) is 18.8. The number of hydrogen-bond acceptors (Lipinski definition) is 5. The Hall–Kier alpha value is -2.97. The predicted molar refractivity (Wildman–Crippen MR) is 97.1 cm³/mol. The van der Waals surface area contributed by atoms with Gasteiger partial charge in [0.15, 0.2) is 0 Å². The fourth-order valence-electron chi connectivity index (χ4n) is 3.64. The molecular formula is C18H22N4O5. The molecular weight excluding hydrogens is 352 g/mol. The van der Waals surface area contributed by atoms with Gasteiger partial charge in [-0.1, -0.05) is 13.0 Å². The lowest BCUT2D eigenvalue weighted by Crippen LogP contribution is -2.49. The van der Waals surface area contributed by atoms with Gasteiger partial charge in [-0.25, -0.2) is 4.79 Å². The standard InChI is InChI=1S/C18H22N4O5/c1-11-5-7-18(8-6-11)16(24)21(17(25)20-18)10-15(23)19-13-4-3-12(2)14(9-13)22(26)27/h3-4,9,11H,5-8,10H2,1-2H3,(H,19,23)(H,20,25). The van der Waals surface area contributed by atoms with Gasteiger partial charge in [0.05, 0.1) is 4.92 Å². The number of amides is 4. The van der Waals surface area contributed by atoms with Crippen LogP contribution in [0.3, 0.4) is 0 Å². The van der Waals surface area contributed by atoms with Crippen molar-refractivity contribution in [2.75, 3.05) is 11.9 Å². The Morgan fingerprint density at radius 1 is 1.37 bits per heavy atom. The van der Waals surface area contributed by atoms with Crippen molar-refractivity contribution >= 4 is 29.2 Å². The Bertz CT molecular complexity index is 814. The molecule has 1 saturated heterocycles. The van der Waals surface area contributed by atoms with Crippen LogP contribution in [0.25, 0.3) is 0 Å². The zero-order chi connectivity index (χ0) is 19.8. The van der Waals surface area contributed by atoms with Gasteiger partial charge in [0.2, 0.25) is 5.91 Å². The van der Waals surface area contributed by atoms with Crippen molar-refractivity contribution in [3.63, 3.8) is 0 Å². The van der Waals surface area contributed by atoms with E-state index >= 15 is 0 Å². The van der Waals surface area contributed by atoms with Crippen molar-refractivity contribution in [1.29, 1.82) is 0 Å². The average Bonchev–Trinajstić information content (AvgIpc) is 2.83. The first-order chi connectivity index (χ1) is 12.7. The first-order valence-corrected chi connectivity index (χ1v) is 8.91. The molecule has 0 unspecified atom stereocenters. The van der Waals surface area contributed by atoms with E-state index in [4.69, 9.17) is 0 Å². The molecule has 1 heterocycles. The minimum atomic E-state index is -0.896. The molecule has 0 bridgehead atoms. The zero-order valence-electron chi connectivity index (χ0n) is 15.3. The maximum absolute atomic E-state index is 12.7. The minimum Gasteiger partial charge on any atom is -0.324 e. The van der Waals surface area contributed by atoms with Gasteiger partial charge in [-0.2, -0.15) is 0 Å². The monoisotopic (exact) mass is 374 g/mol.